The van der Waals surface area contributed by atoms with Crippen LogP contribution in [0.15, 0.2) is 91.0 Å². The van der Waals surface area contributed by atoms with Gasteiger partial charge in [0.05, 0.1) is 11.0 Å². The van der Waals surface area contributed by atoms with Gasteiger partial charge in [-0.15, -0.1) is 0 Å². The Labute approximate surface area is 192 Å². The molecule has 2 heteroatoms. The van der Waals surface area contributed by atoms with Crippen molar-refractivity contribution in [2.45, 2.75) is 13.3 Å². The van der Waals surface area contributed by atoms with E-state index in [1.54, 1.807) is 0 Å². The molecule has 0 spiro atoms. The third-order valence-corrected chi connectivity index (χ3v) is 7.04. The molecule has 1 aliphatic carbocycles. The van der Waals surface area contributed by atoms with E-state index in [9.17, 15) is 0 Å². The average Bonchev–Trinajstić information content (AvgIpc) is 3.38. The third kappa shape index (κ3) is 2.81. The van der Waals surface area contributed by atoms with Crippen LogP contribution >= 0.6 is 0 Å². The van der Waals surface area contributed by atoms with E-state index < -0.39 is 0 Å². The highest BCUT2D eigenvalue weighted by Crippen LogP contribution is 2.35. The molecule has 1 N–H and O–H groups in total. The Hall–Kier alpha value is -4.04. The van der Waals surface area contributed by atoms with Crippen LogP contribution in [-0.4, -0.2) is 9.55 Å². The topological polar surface area (TPSA) is 20.7 Å². The summed E-state index contributed by atoms with van der Waals surface area (Å²) in [5.74, 6) is 0.590. The van der Waals surface area contributed by atoms with Gasteiger partial charge in [0.25, 0.3) is 0 Å². The largest absolute Gasteiger partial charge is 0.355 e. The summed E-state index contributed by atoms with van der Waals surface area (Å²) < 4.78 is 2.38. The van der Waals surface area contributed by atoms with Gasteiger partial charge < -0.3 is 9.55 Å². The Morgan fingerprint density at radius 1 is 0.727 bits per heavy atom. The molecule has 4 aromatic carbocycles. The molecule has 6 aromatic rings. The monoisotopic (exact) mass is 424 g/mol. The molecule has 0 saturated carbocycles. The number of para-hydroxylation sites is 2. The molecule has 2 heterocycles. The van der Waals surface area contributed by atoms with Gasteiger partial charge in [0.1, 0.15) is 0 Å². The van der Waals surface area contributed by atoms with Crippen molar-refractivity contribution >= 4 is 44.9 Å². The number of nitrogens with zero attached hydrogens (tertiary/aromatic N) is 1. The van der Waals surface area contributed by atoms with Crippen LogP contribution in [0.3, 0.4) is 0 Å². The molecule has 158 valence electrons. The quantitative estimate of drug-likeness (QED) is 0.326. The summed E-state index contributed by atoms with van der Waals surface area (Å²) in [6.45, 7) is 2.28. The minimum absolute atomic E-state index is 0.590. The SMILES string of the molecule is CC1C=c2[nH]c3ccc(-c4ccc5c6ccccc6n(-c6ccccc6)c5c4)cc3c2=CC1. The maximum absolute atomic E-state index is 3.61. The zero-order valence-corrected chi connectivity index (χ0v) is 18.5. The number of nitrogens with one attached hydrogen (secondary N) is 1. The zero-order valence-electron chi connectivity index (χ0n) is 18.5. The second-order valence-corrected chi connectivity index (χ2v) is 9.22. The van der Waals surface area contributed by atoms with Crippen LogP contribution in [0.5, 0.6) is 0 Å². The lowest BCUT2D eigenvalue weighted by molar-refractivity contribution is 0.798. The fourth-order valence-corrected chi connectivity index (χ4v) is 5.43. The van der Waals surface area contributed by atoms with Crippen molar-refractivity contribution < 1.29 is 0 Å². The highest BCUT2D eigenvalue weighted by atomic mass is 15.0. The molecule has 33 heavy (non-hydrogen) atoms. The van der Waals surface area contributed by atoms with Crippen LogP contribution in [0.1, 0.15) is 13.3 Å². The number of hydrogen-bond acceptors (Lipinski definition) is 0. The highest BCUT2D eigenvalue weighted by Gasteiger charge is 2.14. The van der Waals surface area contributed by atoms with Gasteiger partial charge in [0, 0.05) is 37.9 Å². The molecule has 1 atom stereocenters. The minimum atomic E-state index is 0.590. The molecule has 0 fully saturated rings. The summed E-state index contributed by atoms with van der Waals surface area (Å²) in [4.78, 5) is 3.61. The first kappa shape index (κ1) is 18.5. The fraction of sp³-hybridized carbons (Fsp3) is 0.0968. The molecule has 1 aliphatic rings. The standard InChI is InChI=1S/C31H24N2/c1-20-11-14-24-27-18-21(13-16-28(27)32-29(24)17-20)22-12-15-26-25-9-5-6-10-30(25)33(31(26)19-22)23-7-3-2-4-8-23/h2-10,12-20,32H,11H2,1H3. The number of benzene rings is 4. The van der Waals surface area contributed by atoms with Crippen LogP contribution in [0.25, 0.3) is 61.7 Å². The first-order valence-corrected chi connectivity index (χ1v) is 11.7. The number of aromatic amines is 1. The third-order valence-electron chi connectivity index (χ3n) is 7.04. The van der Waals surface area contributed by atoms with Crippen molar-refractivity contribution in [3.8, 4) is 16.8 Å². The Bertz CT molecular complexity index is 1800. The first-order valence-electron chi connectivity index (χ1n) is 11.7. The fourth-order valence-electron chi connectivity index (χ4n) is 5.43. The predicted octanol–water partition coefficient (Wildman–Crippen LogP) is 6.53. The predicted molar refractivity (Wildman–Crippen MR) is 140 cm³/mol. The summed E-state index contributed by atoms with van der Waals surface area (Å²) in [7, 11) is 0. The summed E-state index contributed by atoms with van der Waals surface area (Å²) in [6, 6.07) is 33.1. The van der Waals surface area contributed by atoms with Gasteiger partial charge in [-0.05, 0) is 59.9 Å². The Balaban J connectivity index is 1.49. The normalized spacial score (nSPS) is 15.5. The van der Waals surface area contributed by atoms with Crippen molar-refractivity contribution in [1.82, 2.24) is 9.55 Å². The minimum Gasteiger partial charge on any atom is -0.355 e. The Morgan fingerprint density at radius 2 is 1.48 bits per heavy atom. The zero-order chi connectivity index (χ0) is 21.9. The lowest BCUT2D eigenvalue weighted by Crippen LogP contribution is -2.26. The van der Waals surface area contributed by atoms with E-state index >= 15 is 0 Å². The molecule has 1 unspecified atom stereocenters. The van der Waals surface area contributed by atoms with Crippen LogP contribution in [0.4, 0.5) is 0 Å². The number of hydrogen-bond donors (Lipinski definition) is 1. The van der Waals surface area contributed by atoms with E-state index in [2.05, 4.69) is 120 Å². The van der Waals surface area contributed by atoms with E-state index in [4.69, 9.17) is 0 Å². The molecule has 0 bridgehead atoms. The molecular weight excluding hydrogens is 400 g/mol. The molecule has 0 radical (unpaired) electrons. The number of fused-ring (bicyclic) bond motifs is 6. The second kappa shape index (κ2) is 6.98. The van der Waals surface area contributed by atoms with Gasteiger partial charge in [-0.1, -0.05) is 73.7 Å². The molecule has 0 saturated heterocycles. The molecule has 2 aromatic heterocycles. The van der Waals surface area contributed by atoms with Crippen molar-refractivity contribution in [2.75, 3.05) is 0 Å². The van der Waals surface area contributed by atoms with Crippen LogP contribution < -0.4 is 10.6 Å². The van der Waals surface area contributed by atoms with Gasteiger partial charge in [-0.25, -0.2) is 0 Å². The second-order valence-electron chi connectivity index (χ2n) is 9.22. The number of H-pyrrole nitrogens is 1. The lowest BCUT2D eigenvalue weighted by Gasteiger charge is -2.09. The summed E-state index contributed by atoms with van der Waals surface area (Å²) in [5.41, 5.74) is 7.38. The number of aromatic nitrogens is 2. The first-order chi connectivity index (χ1) is 16.3. The van der Waals surface area contributed by atoms with E-state index in [-0.39, 0.29) is 0 Å². The maximum atomic E-state index is 3.61. The Morgan fingerprint density at radius 3 is 2.39 bits per heavy atom. The molecule has 0 aliphatic heterocycles. The highest BCUT2D eigenvalue weighted by molar-refractivity contribution is 6.10. The summed E-state index contributed by atoms with van der Waals surface area (Å²) >= 11 is 0. The van der Waals surface area contributed by atoms with E-state index in [0.717, 1.165) is 6.42 Å². The summed E-state index contributed by atoms with van der Waals surface area (Å²) in [6.07, 6.45) is 5.85. The van der Waals surface area contributed by atoms with Crippen LogP contribution in [-0.2, 0) is 0 Å². The smallest absolute Gasteiger partial charge is 0.0547 e. The van der Waals surface area contributed by atoms with Crippen molar-refractivity contribution in [3.63, 3.8) is 0 Å². The molecule has 2 nitrogen and oxygen atoms in total. The number of rotatable bonds is 2. The molecule has 7 rings (SSSR count). The summed E-state index contributed by atoms with van der Waals surface area (Å²) in [5, 5.41) is 6.51. The molecular formula is C31H24N2. The van der Waals surface area contributed by atoms with Crippen LogP contribution in [0.2, 0.25) is 0 Å². The maximum Gasteiger partial charge on any atom is 0.0547 e. The van der Waals surface area contributed by atoms with Gasteiger partial charge in [0.15, 0.2) is 0 Å². The van der Waals surface area contributed by atoms with Crippen molar-refractivity contribution in [1.29, 1.82) is 0 Å². The van der Waals surface area contributed by atoms with Gasteiger partial charge in [-0.3, -0.25) is 0 Å². The average molecular weight is 425 g/mol. The van der Waals surface area contributed by atoms with E-state index in [1.807, 2.05) is 0 Å². The van der Waals surface area contributed by atoms with E-state index in [0.29, 0.717) is 5.92 Å². The van der Waals surface area contributed by atoms with Gasteiger partial charge in [-0.2, -0.15) is 0 Å². The Kier molecular flexibility index (Phi) is 3.92. The van der Waals surface area contributed by atoms with Gasteiger partial charge in [0.2, 0.25) is 0 Å². The van der Waals surface area contributed by atoms with Crippen molar-refractivity contribution in [3.05, 3.63) is 102 Å². The van der Waals surface area contributed by atoms with Gasteiger partial charge >= 0.3 is 0 Å². The lowest BCUT2D eigenvalue weighted by atomic mass is 9.99. The van der Waals surface area contributed by atoms with Crippen molar-refractivity contribution in [2.24, 2.45) is 5.92 Å². The van der Waals surface area contributed by atoms with Crippen LogP contribution in [0, 0.1) is 5.92 Å². The van der Waals surface area contributed by atoms with E-state index in [1.165, 1.54) is 60.1 Å². The molecule has 0 amide bonds.